The number of aliphatic hydroxyl groups is 1. The molecule has 0 bridgehead atoms. The Balaban J connectivity index is 1.63. The summed E-state index contributed by atoms with van der Waals surface area (Å²) in [6.07, 6.45) is 1.13. The summed E-state index contributed by atoms with van der Waals surface area (Å²) in [4.78, 5) is 28.0. The molecule has 2 unspecified atom stereocenters. The molecule has 1 heterocycles. The Morgan fingerprint density at radius 1 is 1.03 bits per heavy atom. The van der Waals surface area contributed by atoms with E-state index in [4.69, 9.17) is 4.74 Å². The zero-order valence-corrected chi connectivity index (χ0v) is 22.6. The number of benzene rings is 3. The molecule has 2 N–H and O–H groups in total. The molecule has 4 rings (SSSR count). The van der Waals surface area contributed by atoms with E-state index in [0.717, 1.165) is 32.7 Å². The van der Waals surface area contributed by atoms with Crippen molar-refractivity contribution in [1.29, 1.82) is 0 Å². The molecule has 2 atom stereocenters. The number of carbonyl (C=O) groups is 2. The van der Waals surface area contributed by atoms with Crippen molar-refractivity contribution >= 4 is 23.5 Å². The lowest BCUT2D eigenvalue weighted by Crippen LogP contribution is -2.47. The first-order valence-electron chi connectivity index (χ1n) is 12.5. The van der Waals surface area contributed by atoms with Crippen LogP contribution in [0, 0.1) is 6.92 Å². The van der Waals surface area contributed by atoms with Gasteiger partial charge in [0, 0.05) is 4.90 Å². The third-order valence-electron chi connectivity index (χ3n) is 6.98. The summed E-state index contributed by atoms with van der Waals surface area (Å²) >= 11 is 1.25. The van der Waals surface area contributed by atoms with Gasteiger partial charge in [-0.25, -0.2) is 0 Å². The molecule has 1 fully saturated rings. The summed E-state index contributed by atoms with van der Waals surface area (Å²) in [5.74, 6) is -0.489. The molecule has 3 aromatic carbocycles. The molecule has 0 spiro atoms. The molecule has 1 aliphatic rings. The summed E-state index contributed by atoms with van der Waals surface area (Å²) in [6.45, 7) is 8.09. The van der Waals surface area contributed by atoms with Gasteiger partial charge in [-0.2, -0.15) is 0 Å². The Bertz CT molecular complexity index is 1260. The average molecular weight is 519 g/mol. The lowest BCUT2D eigenvalue weighted by Gasteiger charge is -2.39. The minimum Gasteiger partial charge on any atom is -0.508 e. The summed E-state index contributed by atoms with van der Waals surface area (Å²) in [6, 6.07) is 20.3. The number of aryl methyl sites for hydroxylation is 2. The second kappa shape index (κ2) is 10.7. The average Bonchev–Trinajstić information content (AvgIpc) is 2.86. The number of aromatic hydroxyl groups is 1. The van der Waals surface area contributed by atoms with E-state index in [-0.39, 0.29) is 30.0 Å². The van der Waals surface area contributed by atoms with Crippen molar-refractivity contribution in [1.82, 2.24) is 0 Å². The predicted molar refractivity (Wildman–Crippen MR) is 146 cm³/mol. The number of esters is 1. The number of carbonyl (C=O) groups excluding carboxylic acids is 2. The number of ether oxygens (including phenoxy) is 1. The molecule has 0 radical (unpaired) electrons. The molecule has 1 saturated heterocycles. The first-order chi connectivity index (χ1) is 17.5. The summed E-state index contributed by atoms with van der Waals surface area (Å²) < 4.78 is 6.19. The van der Waals surface area contributed by atoms with Gasteiger partial charge in [-0.15, -0.1) is 11.8 Å². The molecule has 5 nitrogen and oxygen atoms in total. The van der Waals surface area contributed by atoms with Crippen LogP contribution in [0.1, 0.15) is 61.4 Å². The van der Waals surface area contributed by atoms with Gasteiger partial charge >= 0.3 is 5.97 Å². The van der Waals surface area contributed by atoms with Crippen LogP contribution < -0.4 is 0 Å². The smallest absolute Gasteiger partial charge is 0.327 e. The first kappa shape index (κ1) is 27.0. The summed E-state index contributed by atoms with van der Waals surface area (Å²) in [5, 5.41) is 18.4. The minimum atomic E-state index is -1.05. The SMILES string of the molecule is Cc1cc(SC2C(=O)CC(CCc3ccc(O)cc3)(c3ccccc3)OC2=O)c(C(C)(C)C)cc1CO. The molecular weight excluding hydrogens is 484 g/mol. The Morgan fingerprint density at radius 3 is 2.30 bits per heavy atom. The maximum absolute atomic E-state index is 13.6. The number of hydrogen-bond donors (Lipinski definition) is 2. The third kappa shape index (κ3) is 5.91. The largest absolute Gasteiger partial charge is 0.508 e. The van der Waals surface area contributed by atoms with Gasteiger partial charge in [-0.05, 0) is 71.2 Å². The fraction of sp³-hybridized carbons (Fsp3) is 0.355. The topological polar surface area (TPSA) is 83.8 Å². The monoisotopic (exact) mass is 518 g/mol. The van der Waals surface area contributed by atoms with Crippen LogP contribution in [0.25, 0.3) is 0 Å². The van der Waals surface area contributed by atoms with Crippen LogP contribution >= 0.6 is 11.8 Å². The summed E-state index contributed by atoms with van der Waals surface area (Å²) in [7, 11) is 0. The van der Waals surface area contributed by atoms with E-state index in [9.17, 15) is 19.8 Å². The Hall–Kier alpha value is -3.09. The maximum Gasteiger partial charge on any atom is 0.327 e. The van der Waals surface area contributed by atoms with E-state index in [1.54, 1.807) is 12.1 Å². The van der Waals surface area contributed by atoms with Crippen molar-refractivity contribution in [2.75, 3.05) is 0 Å². The molecule has 1 aliphatic heterocycles. The second-order valence-corrected chi connectivity index (χ2v) is 11.9. The van der Waals surface area contributed by atoms with E-state index < -0.39 is 16.8 Å². The number of phenolic OH excluding ortho intramolecular Hbond substituents is 1. The van der Waals surface area contributed by atoms with E-state index in [1.165, 1.54) is 11.8 Å². The molecule has 0 saturated carbocycles. The number of Topliss-reactive ketones (excluding diaryl/α,β-unsaturated/α-hetero) is 1. The molecule has 194 valence electrons. The number of phenols is 1. The number of cyclic esters (lactones) is 1. The highest BCUT2D eigenvalue weighted by Gasteiger charge is 2.48. The molecule has 0 amide bonds. The van der Waals surface area contributed by atoms with Gasteiger partial charge in [0.25, 0.3) is 0 Å². The van der Waals surface area contributed by atoms with Crippen molar-refractivity contribution < 1.29 is 24.5 Å². The van der Waals surface area contributed by atoms with Crippen LogP contribution in [0.2, 0.25) is 0 Å². The van der Waals surface area contributed by atoms with E-state index in [0.29, 0.717) is 12.8 Å². The number of rotatable bonds is 7. The van der Waals surface area contributed by atoms with Gasteiger partial charge in [-0.3, -0.25) is 9.59 Å². The maximum atomic E-state index is 13.6. The van der Waals surface area contributed by atoms with Crippen molar-refractivity contribution in [3.05, 3.63) is 94.5 Å². The Labute approximate surface area is 222 Å². The lowest BCUT2D eigenvalue weighted by molar-refractivity contribution is -0.171. The third-order valence-corrected chi connectivity index (χ3v) is 8.26. The van der Waals surface area contributed by atoms with Crippen molar-refractivity contribution in [3.63, 3.8) is 0 Å². The summed E-state index contributed by atoms with van der Waals surface area (Å²) in [5.41, 5.74) is 3.25. The van der Waals surface area contributed by atoms with Crippen molar-refractivity contribution in [2.45, 2.75) is 74.7 Å². The van der Waals surface area contributed by atoms with Crippen molar-refractivity contribution in [3.8, 4) is 5.75 Å². The highest BCUT2D eigenvalue weighted by Crippen LogP contribution is 2.44. The van der Waals surface area contributed by atoms with Gasteiger partial charge in [0.15, 0.2) is 11.0 Å². The van der Waals surface area contributed by atoms with E-state index >= 15 is 0 Å². The Morgan fingerprint density at radius 2 is 1.70 bits per heavy atom. The molecule has 37 heavy (non-hydrogen) atoms. The van der Waals surface area contributed by atoms with Crippen molar-refractivity contribution in [2.24, 2.45) is 0 Å². The zero-order valence-electron chi connectivity index (χ0n) is 21.8. The highest BCUT2D eigenvalue weighted by atomic mass is 32.2. The van der Waals surface area contributed by atoms with Gasteiger partial charge in [-0.1, -0.05) is 69.3 Å². The van der Waals surface area contributed by atoms with Crippen LogP contribution in [0.15, 0.2) is 71.6 Å². The molecule has 0 aromatic heterocycles. The standard InChI is InChI=1S/C31H34O5S/c1-20-16-27(25(30(2,3)4)17-22(20)19-32)37-28-26(34)18-31(36-29(28)35,23-8-6-5-7-9-23)15-14-21-10-12-24(33)13-11-21/h5-13,16-17,28,32-33H,14-15,18-19H2,1-4H3. The first-order valence-corrected chi connectivity index (χ1v) is 13.4. The molecule has 0 aliphatic carbocycles. The predicted octanol–water partition coefficient (Wildman–Crippen LogP) is 6.00. The molecule has 3 aromatic rings. The quantitative estimate of drug-likeness (QED) is 0.295. The fourth-order valence-corrected chi connectivity index (χ4v) is 6.15. The zero-order chi connectivity index (χ0) is 26.8. The number of hydrogen-bond acceptors (Lipinski definition) is 6. The number of ketones is 1. The van der Waals surface area contributed by atoms with Crippen LogP contribution in [-0.4, -0.2) is 27.2 Å². The normalized spacial score (nSPS) is 20.1. The highest BCUT2D eigenvalue weighted by molar-refractivity contribution is 8.01. The van der Waals surface area contributed by atoms with Crippen LogP contribution in [0.5, 0.6) is 5.75 Å². The van der Waals surface area contributed by atoms with Gasteiger partial charge in [0.1, 0.15) is 11.4 Å². The number of thioether (sulfide) groups is 1. The molecular formula is C31H34O5S. The molecule has 6 heteroatoms. The van der Waals surface area contributed by atoms with Crippen LogP contribution in [0.3, 0.4) is 0 Å². The van der Waals surface area contributed by atoms with E-state index in [1.807, 2.05) is 61.5 Å². The number of aliphatic hydroxyl groups excluding tert-OH is 1. The van der Waals surface area contributed by atoms with Gasteiger partial charge < -0.3 is 14.9 Å². The van der Waals surface area contributed by atoms with Gasteiger partial charge in [0.05, 0.1) is 13.0 Å². The second-order valence-electron chi connectivity index (χ2n) is 10.8. The van der Waals surface area contributed by atoms with Crippen LogP contribution in [-0.2, 0) is 38.4 Å². The lowest BCUT2D eigenvalue weighted by atomic mass is 9.81. The van der Waals surface area contributed by atoms with Gasteiger partial charge in [0.2, 0.25) is 0 Å². The van der Waals surface area contributed by atoms with E-state index in [2.05, 4.69) is 20.8 Å². The minimum absolute atomic E-state index is 0.0646. The Kier molecular flexibility index (Phi) is 7.81. The fourth-order valence-electron chi connectivity index (χ4n) is 4.80. The van der Waals surface area contributed by atoms with Crippen LogP contribution in [0.4, 0.5) is 0 Å².